The Morgan fingerprint density at radius 2 is 1.94 bits per heavy atom. The Morgan fingerprint density at radius 3 is 2.61 bits per heavy atom. The number of piperazine rings is 1. The Balaban J connectivity index is 1.40. The maximum atomic E-state index is 11.6. The molecule has 0 aliphatic carbocycles. The molecule has 0 spiro atoms. The lowest BCUT2D eigenvalue weighted by Crippen LogP contribution is -2.43. The first-order valence-corrected chi connectivity index (χ1v) is 12.6. The number of anilines is 1. The summed E-state index contributed by atoms with van der Waals surface area (Å²) in [4.78, 5) is 19.0. The number of nitrogens with zero attached hydrogens (tertiary/aromatic N) is 5. The molecule has 2 fully saturated rings. The van der Waals surface area contributed by atoms with E-state index in [4.69, 9.17) is 9.72 Å². The molecule has 174 valence electrons. The van der Waals surface area contributed by atoms with Crippen LogP contribution in [0.2, 0.25) is 0 Å². The number of aryl methyl sites for hydroxylation is 1. The molecule has 2 unspecified atom stereocenters. The van der Waals surface area contributed by atoms with Gasteiger partial charge in [0.25, 0.3) is 0 Å². The molecule has 0 bridgehead atoms. The zero-order chi connectivity index (χ0) is 22.9. The van der Waals surface area contributed by atoms with Crippen LogP contribution in [0.15, 0.2) is 36.7 Å². The fraction of sp³-hybridized carbons (Fsp3) is 0.458. The quantitative estimate of drug-likeness (QED) is 0.560. The molecule has 0 radical (unpaired) electrons. The molecule has 2 saturated heterocycles. The summed E-state index contributed by atoms with van der Waals surface area (Å²) >= 11 is 1.82. The molecule has 9 heteroatoms. The lowest BCUT2D eigenvalue weighted by atomic mass is 10.0. The third kappa shape index (κ3) is 4.52. The molecule has 33 heavy (non-hydrogen) atoms. The normalized spacial score (nSPS) is 20.3. The maximum Gasteiger partial charge on any atom is 0.241 e. The number of rotatable bonds is 6. The summed E-state index contributed by atoms with van der Waals surface area (Å²) in [5.74, 6) is 0.779. The van der Waals surface area contributed by atoms with Gasteiger partial charge < -0.3 is 15.0 Å². The number of amides is 1. The summed E-state index contributed by atoms with van der Waals surface area (Å²) in [6.45, 7) is 8.86. The highest BCUT2D eigenvalue weighted by Gasteiger charge is 2.29. The lowest BCUT2D eigenvalue weighted by molar-refractivity contribution is -0.119. The van der Waals surface area contributed by atoms with E-state index in [1.807, 2.05) is 42.7 Å². The van der Waals surface area contributed by atoms with Gasteiger partial charge in [-0.2, -0.15) is 5.10 Å². The first-order chi connectivity index (χ1) is 16.0. The van der Waals surface area contributed by atoms with Gasteiger partial charge in [-0.3, -0.25) is 4.79 Å². The fourth-order valence-electron chi connectivity index (χ4n) is 4.54. The smallest absolute Gasteiger partial charge is 0.241 e. The largest absolute Gasteiger partial charge is 0.473 e. The van der Waals surface area contributed by atoms with Gasteiger partial charge in [-0.15, -0.1) is 0 Å². The van der Waals surface area contributed by atoms with Crippen LogP contribution >= 0.6 is 11.9 Å². The monoisotopic (exact) mass is 466 g/mol. The topological polar surface area (TPSA) is 75.0 Å². The number of hydrogen-bond acceptors (Lipinski definition) is 7. The second kappa shape index (κ2) is 9.23. The summed E-state index contributed by atoms with van der Waals surface area (Å²) in [6, 6.07) is 8.58. The Bertz CT molecular complexity index is 1140. The highest BCUT2D eigenvalue weighted by Crippen LogP contribution is 2.30. The van der Waals surface area contributed by atoms with Crippen molar-refractivity contribution in [3.63, 3.8) is 0 Å². The first-order valence-electron chi connectivity index (χ1n) is 11.4. The van der Waals surface area contributed by atoms with Gasteiger partial charge in [-0.05, 0) is 32.2 Å². The van der Waals surface area contributed by atoms with Gasteiger partial charge in [0.2, 0.25) is 11.8 Å². The van der Waals surface area contributed by atoms with Crippen molar-refractivity contribution >= 4 is 29.1 Å². The van der Waals surface area contributed by atoms with Crippen LogP contribution in [0, 0.1) is 12.8 Å². The molecule has 2 atom stereocenters. The van der Waals surface area contributed by atoms with Crippen LogP contribution in [-0.2, 0) is 4.79 Å². The highest BCUT2D eigenvalue weighted by molar-refractivity contribution is 7.96. The Labute approximate surface area is 198 Å². The Morgan fingerprint density at radius 1 is 1.18 bits per heavy atom. The van der Waals surface area contributed by atoms with Crippen molar-refractivity contribution in [2.45, 2.75) is 26.4 Å². The van der Waals surface area contributed by atoms with Crippen molar-refractivity contribution in [3.05, 3.63) is 42.2 Å². The molecule has 1 N–H and O–H groups in total. The van der Waals surface area contributed by atoms with Crippen LogP contribution in [0.1, 0.15) is 18.9 Å². The van der Waals surface area contributed by atoms with Gasteiger partial charge in [0.15, 0.2) is 0 Å². The highest BCUT2D eigenvalue weighted by atomic mass is 32.2. The van der Waals surface area contributed by atoms with Crippen molar-refractivity contribution in [3.8, 4) is 17.1 Å². The van der Waals surface area contributed by atoms with Crippen molar-refractivity contribution in [2.75, 3.05) is 43.9 Å². The minimum Gasteiger partial charge on any atom is -0.473 e. The molecule has 2 aliphatic heterocycles. The Kier molecular flexibility index (Phi) is 6.16. The molecule has 8 nitrogen and oxygen atoms in total. The van der Waals surface area contributed by atoms with Crippen molar-refractivity contribution in [1.29, 1.82) is 0 Å². The molecule has 0 saturated carbocycles. The minimum absolute atomic E-state index is 0.0813. The molecule has 1 amide bonds. The number of carbonyl (C=O) groups is 1. The summed E-state index contributed by atoms with van der Waals surface area (Å²) in [7, 11) is 0. The number of carbonyl (C=O) groups excluding carboxylic acids is 1. The average molecular weight is 467 g/mol. The van der Waals surface area contributed by atoms with Gasteiger partial charge >= 0.3 is 0 Å². The maximum absolute atomic E-state index is 11.6. The second-order valence-corrected chi connectivity index (χ2v) is 9.67. The first kappa shape index (κ1) is 22.0. The molecule has 3 aromatic rings. The minimum atomic E-state index is -0.132. The lowest BCUT2D eigenvalue weighted by Gasteiger charge is -2.34. The van der Waals surface area contributed by atoms with Gasteiger partial charge in [0.1, 0.15) is 11.6 Å². The van der Waals surface area contributed by atoms with E-state index in [2.05, 4.69) is 50.1 Å². The number of fused-ring (bicyclic) bond motifs is 1. The molecule has 2 aliphatic rings. The Hall–Kier alpha value is -2.78. The average Bonchev–Trinajstić information content (AvgIpc) is 3.45. The predicted octanol–water partition coefficient (Wildman–Crippen LogP) is 3.01. The standard InChI is InChI=1S/C24H30N6O2S/c1-16-13-26-30-15-21(27-24(23(16)30)32-17(2)19-12-22(31)25-14-19)18-4-6-20(7-5-18)28-8-10-29(33-3)11-9-28/h4-7,13,15,17,19H,8-12,14H2,1-3H3,(H,25,31). The van der Waals surface area contributed by atoms with Crippen LogP contribution in [0.25, 0.3) is 16.8 Å². The summed E-state index contributed by atoms with van der Waals surface area (Å²) < 4.78 is 10.6. The van der Waals surface area contributed by atoms with Gasteiger partial charge in [0, 0.05) is 61.9 Å². The van der Waals surface area contributed by atoms with E-state index in [1.165, 1.54) is 5.69 Å². The molecular weight excluding hydrogens is 436 g/mol. The van der Waals surface area contributed by atoms with Crippen LogP contribution in [0.5, 0.6) is 5.88 Å². The van der Waals surface area contributed by atoms with Crippen LogP contribution in [-0.4, -0.2) is 69.9 Å². The van der Waals surface area contributed by atoms with Gasteiger partial charge in [0.05, 0.1) is 18.1 Å². The van der Waals surface area contributed by atoms with Gasteiger partial charge in [-0.1, -0.05) is 24.1 Å². The molecule has 5 rings (SSSR count). The fourth-order valence-corrected chi connectivity index (χ4v) is 5.07. The van der Waals surface area contributed by atoms with Crippen LogP contribution in [0.3, 0.4) is 0 Å². The zero-order valence-corrected chi connectivity index (χ0v) is 20.1. The molecule has 4 heterocycles. The van der Waals surface area contributed by atoms with E-state index in [0.29, 0.717) is 18.8 Å². The molecule has 1 aromatic carbocycles. The van der Waals surface area contributed by atoms with E-state index in [1.54, 1.807) is 0 Å². The molecular formula is C24H30N6O2S. The van der Waals surface area contributed by atoms with Crippen molar-refractivity contribution in [1.82, 2.24) is 24.2 Å². The van der Waals surface area contributed by atoms with E-state index >= 15 is 0 Å². The summed E-state index contributed by atoms with van der Waals surface area (Å²) in [5, 5.41) is 7.39. The number of aromatic nitrogens is 3. The number of nitrogens with one attached hydrogen (secondary N) is 1. The van der Waals surface area contributed by atoms with E-state index < -0.39 is 0 Å². The van der Waals surface area contributed by atoms with E-state index in [0.717, 1.165) is 48.5 Å². The van der Waals surface area contributed by atoms with Crippen LogP contribution < -0.4 is 15.0 Å². The van der Waals surface area contributed by atoms with Crippen molar-refractivity contribution < 1.29 is 9.53 Å². The molecule has 2 aromatic heterocycles. The van der Waals surface area contributed by atoms with Gasteiger partial charge in [-0.25, -0.2) is 13.8 Å². The SMILES string of the molecule is CSN1CCN(c2ccc(-c3cn4ncc(C)c4c(OC(C)C4CNC(=O)C4)n3)cc2)CC1. The number of hydrogen-bond donors (Lipinski definition) is 1. The number of benzene rings is 1. The van der Waals surface area contributed by atoms with Crippen molar-refractivity contribution in [2.24, 2.45) is 5.92 Å². The third-order valence-corrected chi connectivity index (χ3v) is 7.52. The number of ether oxygens (including phenoxy) is 1. The van der Waals surface area contributed by atoms with Crippen LogP contribution in [0.4, 0.5) is 5.69 Å². The predicted molar refractivity (Wildman–Crippen MR) is 132 cm³/mol. The second-order valence-electron chi connectivity index (χ2n) is 8.79. The summed E-state index contributed by atoms with van der Waals surface area (Å²) in [5.41, 5.74) is 4.95. The zero-order valence-electron chi connectivity index (χ0n) is 19.3. The van der Waals surface area contributed by atoms with E-state index in [-0.39, 0.29) is 17.9 Å². The van der Waals surface area contributed by atoms with E-state index in [9.17, 15) is 4.79 Å². The summed E-state index contributed by atoms with van der Waals surface area (Å²) in [6.07, 6.45) is 6.27. The third-order valence-electron chi connectivity index (χ3n) is 6.64.